The van der Waals surface area contributed by atoms with Crippen LogP contribution in [0.3, 0.4) is 0 Å². The first kappa shape index (κ1) is 12.1. The maximum atomic E-state index is 10.9. The van der Waals surface area contributed by atoms with Crippen molar-refractivity contribution in [2.24, 2.45) is 7.05 Å². The zero-order valence-electron chi connectivity index (χ0n) is 9.40. The molecule has 1 heterocycles. The Bertz CT molecular complexity index is 645. The van der Waals surface area contributed by atoms with Crippen molar-refractivity contribution >= 4 is 17.4 Å². The van der Waals surface area contributed by atoms with E-state index in [1.54, 1.807) is 24.0 Å². The van der Waals surface area contributed by atoms with Crippen LogP contribution in [0.4, 0.5) is 5.69 Å². The number of aryl methyl sites for hydroxylation is 1. The third kappa shape index (κ3) is 2.33. The van der Waals surface area contributed by atoms with Gasteiger partial charge in [0.2, 0.25) is 0 Å². The Morgan fingerprint density at radius 1 is 1.56 bits per heavy atom. The Labute approximate surface area is 107 Å². The van der Waals surface area contributed by atoms with Gasteiger partial charge in [0, 0.05) is 25.5 Å². The van der Waals surface area contributed by atoms with Crippen molar-refractivity contribution in [1.29, 1.82) is 5.26 Å². The molecule has 0 aliphatic heterocycles. The van der Waals surface area contributed by atoms with E-state index in [1.165, 1.54) is 18.2 Å². The summed E-state index contributed by atoms with van der Waals surface area (Å²) in [6.45, 7) is 0. The molecule has 0 N–H and O–H groups in total. The fraction of sp³-hybridized carbons (Fsp3) is 0.0909. The second-order valence-electron chi connectivity index (χ2n) is 3.47. The van der Waals surface area contributed by atoms with Crippen LogP contribution in [0.2, 0.25) is 0 Å². The van der Waals surface area contributed by atoms with Gasteiger partial charge in [-0.3, -0.25) is 10.1 Å². The number of nitriles is 1. The second-order valence-corrected chi connectivity index (χ2v) is 4.48. The van der Waals surface area contributed by atoms with E-state index in [2.05, 4.69) is 4.98 Å². The lowest BCUT2D eigenvalue weighted by molar-refractivity contribution is -0.387. The molecule has 0 spiro atoms. The molecule has 2 rings (SSSR count). The Hall–Kier alpha value is -2.33. The SMILES string of the molecule is Cn1ccnc1Sc1cc(C#N)ccc1[N+](=O)[O-]. The van der Waals surface area contributed by atoms with Crippen molar-refractivity contribution in [2.75, 3.05) is 0 Å². The van der Waals surface area contributed by atoms with Gasteiger partial charge in [-0.25, -0.2) is 4.98 Å². The standard InChI is InChI=1S/C11H8N4O2S/c1-14-5-4-13-11(14)18-10-6-8(7-12)2-3-9(10)15(16)17/h2-6H,1H3. The third-order valence-corrected chi connectivity index (χ3v) is 3.39. The van der Waals surface area contributed by atoms with Crippen LogP contribution in [-0.4, -0.2) is 14.5 Å². The van der Waals surface area contributed by atoms with E-state index in [4.69, 9.17) is 5.26 Å². The van der Waals surface area contributed by atoms with Gasteiger partial charge in [-0.05, 0) is 23.9 Å². The van der Waals surface area contributed by atoms with Gasteiger partial charge in [-0.15, -0.1) is 0 Å². The minimum atomic E-state index is -0.466. The predicted octanol–water partition coefficient (Wildman–Crippen LogP) is 2.35. The van der Waals surface area contributed by atoms with Crippen LogP contribution < -0.4 is 0 Å². The number of nitrogens with zero attached hydrogens (tertiary/aromatic N) is 4. The first-order chi connectivity index (χ1) is 8.61. The van der Waals surface area contributed by atoms with Gasteiger partial charge in [0.15, 0.2) is 5.16 Å². The number of rotatable bonds is 3. The minimum Gasteiger partial charge on any atom is -0.329 e. The normalized spacial score (nSPS) is 10.0. The van der Waals surface area contributed by atoms with Crippen molar-refractivity contribution in [1.82, 2.24) is 9.55 Å². The van der Waals surface area contributed by atoms with Crippen molar-refractivity contribution in [3.8, 4) is 6.07 Å². The maximum Gasteiger partial charge on any atom is 0.283 e. The number of aromatic nitrogens is 2. The lowest BCUT2D eigenvalue weighted by Gasteiger charge is -2.03. The van der Waals surface area contributed by atoms with Gasteiger partial charge in [0.05, 0.1) is 21.5 Å². The summed E-state index contributed by atoms with van der Waals surface area (Å²) in [6, 6.07) is 6.23. The molecule has 1 aromatic carbocycles. The van der Waals surface area contributed by atoms with Crippen LogP contribution in [0.5, 0.6) is 0 Å². The molecule has 2 aromatic rings. The average Bonchev–Trinajstić information content (AvgIpc) is 2.74. The lowest BCUT2D eigenvalue weighted by Crippen LogP contribution is -1.94. The molecule has 0 amide bonds. The van der Waals surface area contributed by atoms with Gasteiger partial charge in [-0.2, -0.15) is 5.26 Å². The Balaban J connectivity index is 2.45. The van der Waals surface area contributed by atoms with Crippen molar-refractivity contribution < 1.29 is 4.92 Å². The van der Waals surface area contributed by atoms with Crippen LogP contribution >= 0.6 is 11.8 Å². The van der Waals surface area contributed by atoms with Gasteiger partial charge in [0.25, 0.3) is 5.69 Å². The van der Waals surface area contributed by atoms with Gasteiger partial charge >= 0.3 is 0 Å². The largest absolute Gasteiger partial charge is 0.329 e. The van der Waals surface area contributed by atoms with E-state index in [0.717, 1.165) is 11.8 Å². The van der Waals surface area contributed by atoms with E-state index in [9.17, 15) is 10.1 Å². The molecule has 0 radical (unpaired) electrons. The fourth-order valence-electron chi connectivity index (χ4n) is 1.36. The quantitative estimate of drug-likeness (QED) is 0.624. The molecular weight excluding hydrogens is 252 g/mol. The highest BCUT2D eigenvalue weighted by atomic mass is 32.2. The molecule has 90 valence electrons. The molecular formula is C11H8N4O2S. The van der Waals surface area contributed by atoms with Crippen molar-refractivity contribution in [2.45, 2.75) is 10.1 Å². The highest BCUT2D eigenvalue weighted by molar-refractivity contribution is 7.99. The average molecular weight is 260 g/mol. The third-order valence-electron chi connectivity index (χ3n) is 2.26. The Kier molecular flexibility index (Phi) is 3.30. The lowest BCUT2D eigenvalue weighted by atomic mass is 10.2. The molecule has 0 saturated heterocycles. The highest BCUT2D eigenvalue weighted by Crippen LogP contribution is 2.34. The molecule has 6 nitrogen and oxygen atoms in total. The summed E-state index contributed by atoms with van der Waals surface area (Å²) in [5, 5.41) is 20.4. The minimum absolute atomic E-state index is 0.0259. The molecule has 0 aliphatic rings. The van der Waals surface area contributed by atoms with Crippen LogP contribution in [0.15, 0.2) is 40.6 Å². The summed E-state index contributed by atoms with van der Waals surface area (Å²) >= 11 is 1.16. The van der Waals surface area contributed by atoms with Crippen LogP contribution in [-0.2, 0) is 7.05 Å². The molecule has 0 atom stereocenters. The Morgan fingerprint density at radius 2 is 2.33 bits per heavy atom. The molecule has 1 aromatic heterocycles. The predicted molar refractivity (Wildman–Crippen MR) is 65.1 cm³/mol. The van der Waals surface area contributed by atoms with Crippen molar-refractivity contribution in [3.63, 3.8) is 0 Å². The molecule has 0 saturated carbocycles. The summed E-state index contributed by atoms with van der Waals surface area (Å²) < 4.78 is 1.76. The van der Waals surface area contributed by atoms with E-state index in [-0.39, 0.29) is 5.69 Å². The van der Waals surface area contributed by atoms with Gasteiger partial charge < -0.3 is 4.57 Å². The summed E-state index contributed by atoms with van der Waals surface area (Å²) in [7, 11) is 1.80. The number of imidazole rings is 1. The fourth-order valence-corrected chi connectivity index (χ4v) is 2.31. The number of hydrogen-bond donors (Lipinski definition) is 0. The smallest absolute Gasteiger partial charge is 0.283 e. The monoisotopic (exact) mass is 260 g/mol. The van der Waals surface area contributed by atoms with Crippen LogP contribution in [0.1, 0.15) is 5.56 Å². The molecule has 0 bridgehead atoms. The molecule has 0 fully saturated rings. The van der Waals surface area contributed by atoms with Gasteiger partial charge in [-0.1, -0.05) is 0 Å². The number of nitro benzene ring substituents is 1. The van der Waals surface area contributed by atoms with Crippen LogP contribution in [0, 0.1) is 21.4 Å². The zero-order valence-corrected chi connectivity index (χ0v) is 10.2. The van der Waals surface area contributed by atoms with Gasteiger partial charge in [0.1, 0.15) is 0 Å². The van der Waals surface area contributed by atoms with Crippen molar-refractivity contribution in [3.05, 3.63) is 46.3 Å². The highest BCUT2D eigenvalue weighted by Gasteiger charge is 2.17. The first-order valence-corrected chi connectivity index (χ1v) is 5.77. The number of hydrogen-bond acceptors (Lipinski definition) is 5. The second kappa shape index (κ2) is 4.89. The summed E-state index contributed by atoms with van der Waals surface area (Å²) in [5.74, 6) is 0. The summed E-state index contributed by atoms with van der Waals surface area (Å²) in [5.41, 5.74) is 0.360. The Morgan fingerprint density at radius 3 is 2.89 bits per heavy atom. The molecule has 7 heteroatoms. The maximum absolute atomic E-state index is 10.9. The zero-order chi connectivity index (χ0) is 13.1. The number of nitro groups is 1. The topological polar surface area (TPSA) is 84.8 Å². The molecule has 18 heavy (non-hydrogen) atoms. The first-order valence-electron chi connectivity index (χ1n) is 4.95. The van der Waals surface area contributed by atoms with E-state index < -0.39 is 4.92 Å². The van der Waals surface area contributed by atoms with E-state index in [0.29, 0.717) is 15.6 Å². The van der Waals surface area contributed by atoms with E-state index >= 15 is 0 Å². The number of benzene rings is 1. The summed E-state index contributed by atoms with van der Waals surface area (Å²) in [6.07, 6.45) is 3.37. The van der Waals surface area contributed by atoms with Crippen LogP contribution in [0.25, 0.3) is 0 Å². The van der Waals surface area contributed by atoms with E-state index in [1.807, 2.05) is 6.07 Å². The summed E-state index contributed by atoms with van der Waals surface area (Å²) in [4.78, 5) is 14.9. The molecule has 0 aliphatic carbocycles. The molecule has 0 unspecified atom stereocenters.